The summed E-state index contributed by atoms with van der Waals surface area (Å²) in [6.45, 7) is 5.14. The van der Waals surface area contributed by atoms with E-state index in [4.69, 9.17) is 0 Å². The van der Waals surface area contributed by atoms with Gasteiger partial charge in [0.1, 0.15) is 0 Å². The van der Waals surface area contributed by atoms with Gasteiger partial charge in [-0.15, -0.1) is 0 Å². The number of amides is 1. The van der Waals surface area contributed by atoms with E-state index in [1.54, 1.807) is 6.07 Å². The van der Waals surface area contributed by atoms with Crippen LogP contribution in [0.5, 0.6) is 0 Å². The number of anilines is 1. The summed E-state index contributed by atoms with van der Waals surface area (Å²) in [4.78, 5) is 23.7. The number of likely N-dealkylation sites (N-methyl/N-ethyl adjacent to an activating group) is 1. The Morgan fingerprint density at radius 2 is 1.63 bits per heavy atom. The molecule has 0 aliphatic heterocycles. The molecule has 2 aromatic rings. The SMILES string of the molecule is CC(=O)c1ccc(S(=O)(=O)N(C)CC(=O)Nc2ccccc2C(C)C)cc1. The van der Waals surface area contributed by atoms with Crippen molar-refractivity contribution in [3.63, 3.8) is 0 Å². The molecule has 0 aliphatic rings. The molecule has 6 nitrogen and oxygen atoms in total. The van der Waals surface area contributed by atoms with E-state index in [1.807, 2.05) is 32.0 Å². The lowest BCUT2D eigenvalue weighted by atomic mass is 10.0. The second kappa shape index (κ2) is 8.45. The first-order valence-corrected chi connectivity index (χ1v) is 10.0. The third-order valence-electron chi connectivity index (χ3n) is 4.19. The lowest BCUT2D eigenvalue weighted by molar-refractivity contribution is -0.116. The van der Waals surface area contributed by atoms with Crippen molar-refractivity contribution in [2.45, 2.75) is 31.6 Å². The Bertz CT molecular complexity index is 935. The van der Waals surface area contributed by atoms with E-state index in [0.717, 1.165) is 9.87 Å². The first-order chi connectivity index (χ1) is 12.6. The quantitative estimate of drug-likeness (QED) is 0.738. The van der Waals surface area contributed by atoms with Gasteiger partial charge in [0, 0.05) is 18.3 Å². The third-order valence-corrected chi connectivity index (χ3v) is 6.01. The van der Waals surface area contributed by atoms with Crippen molar-refractivity contribution in [2.75, 3.05) is 18.9 Å². The number of carbonyl (C=O) groups is 2. The molecule has 2 rings (SSSR count). The summed E-state index contributed by atoms with van der Waals surface area (Å²) in [6.07, 6.45) is 0. The van der Waals surface area contributed by atoms with Gasteiger partial charge in [-0.2, -0.15) is 4.31 Å². The highest BCUT2D eigenvalue weighted by molar-refractivity contribution is 7.89. The number of Topliss-reactive ketones (excluding diaryl/α,β-unsaturated/α-hetero) is 1. The number of hydrogen-bond donors (Lipinski definition) is 1. The first kappa shape index (κ1) is 20.8. The molecule has 7 heteroatoms. The number of hydrogen-bond acceptors (Lipinski definition) is 4. The van der Waals surface area contributed by atoms with Gasteiger partial charge < -0.3 is 5.32 Å². The summed E-state index contributed by atoms with van der Waals surface area (Å²) in [5.41, 5.74) is 2.09. The number of rotatable bonds is 7. The minimum absolute atomic E-state index is 0.0328. The van der Waals surface area contributed by atoms with Crippen LogP contribution in [0.15, 0.2) is 53.4 Å². The van der Waals surface area contributed by atoms with Crippen molar-refractivity contribution < 1.29 is 18.0 Å². The summed E-state index contributed by atoms with van der Waals surface area (Å²) in [5, 5.41) is 2.78. The molecule has 2 aromatic carbocycles. The lowest BCUT2D eigenvalue weighted by Gasteiger charge is -2.18. The Balaban J connectivity index is 2.12. The predicted molar refractivity (Wildman–Crippen MR) is 105 cm³/mol. The zero-order chi connectivity index (χ0) is 20.2. The number of carbonyl (C=O) groups excluding carboxylic acids is 2. The van der Waals surface area contributed by atoms with E-state index in [1.165, 1.54) is 38.2 Å². The van der Waals surface area contributed by atoms with Crippen molar-refractivity contribution in [3.8, 4) is 0 Å². The van der Waals surface area contributed by atoms with E-state index in [2.05, 4.69) is 5.32 Å². The number of ketones is 1. The minimum atomic E-state index is -3.83. The second-order valence-corrected chi connectivity index (χ2v) is 8.68. The molecule has 0 unspecified atom stereocenters. The van der Waals surface area contributed by atoms with E-state index in [0.29, 0.717) is 11.3 Å². The van der Waals surface area contributed by atoms with Gasteiger partial charge in [0.25, 0.3) is 0 Å². The maximum Gasteiger partial charge on any atom is 0.243 e. The van der Waals surface area contributed by atoms with Gasteiger partial charge in [-0.3, -0.25) is 9.59 Å². The fourth-order valence-electron chi connectivity index (χ4n) is 2.63. The Hall–Kier alpha value is -2.51. The average Bonchev–Trinajstić information content (AvgIpc) is 2.61. The Morgan fingerprint density at radius 1 is 1.04 bits per heavy atom. The van der Waals surface area contributed by atoms with Crippen LogP contribution in [0.1, 0.15) is 42.6 Å². The second-order valence-electron chi connectivity index (χ2n) is 6.63. The van der Waals surface area contributed by atoms with Crippen molar-refractivity contribution in [1.82, 2.24) is 4.31 Å². The van der Waals surface area contributed by atoms with Crippen LogP contribution in [-0.2, 0) is 14.8 Å². The summed E-state index contributed by atoms with van der Waals surface area (Å²) in [7, 11) is -2.48. The minimum Gasteiger partial charge on any atom is -0.325 e. The van der Waals surface area contributed by atoms with E-state index < -0.39 is 15.9 Å². The molecule has 0 aromatic heterocycles. The van der Waals surface area contributed by atoms with Crippen molar-refractivity contribution in [3.05, 3.63) is 59.7 Å². The number of sulfonamides is 1. The monoisotopic (exact) mass is 388 g/mol. The molecule has 0 bridgehead atoms. The summed E-state index contributed by atoms with van der Waals surface area (Å²) in [6, 6.07) is 13.1. The standard InChI is InChI=1S/C20H24N2O4S/c1-14(2)18-7-5-6-8-19(18)21-20(24)13-22(4)27(25,26)17-11-9-16(10-12-17)15(3)23/h5-12,14H,13H2,1-4H3,(H,21,24). The highest BCUT2D eigenvalue weighted by atomic mass is 32.2. The molecule has 1 N–H and O–H groups in total. The van der Waals surface area contributed by atoms with Crippen molar-refractivity contribution in [2.24, 2.45) is 0 Å². The third kappa shape index (κ3) is 5.02. The molecular formula is C20H24N2O4S. The summed E-state index contributed by atoms with van der Waals surface area (Å²) < 4.78 is 26.3. The zero-order valence-corrected chi connectivity index (χ0v) is 16.7. The molecule has 27 heavy (non-hydrogen) atoms. The molecule has 0 saturated heterocycles. The van der Waals surface area contributed by atoms with Crippen LogP contribution >= 0.6 is 0 Å². The Morgan fingerprint density at radius 3 is 2.19 bits per heavy atom. The van der Waals surface area contributed by atoms with Crippen LogP contribution in [0.3, 0.4) is 0 Å². The van der Waals surface area contributed by atoms with Crippen molar-refractivity contribution in [1.29, 1.82) is 0 Å². The van der Waals surface area contributed by atoms with Gasteiger partial charge in [-0.1, -0.05) is 44.2 Å². The first-order valence-electron chi connectivity index (χ1n) is 8.59. The largest absolute Gasteiger partial charge is 0.325 e. The molecule has 0 radical (unpaired) electrons. The van der Waals surface area contributed by atoms with Gasteiger partial charge in [0.15, 0.2) is 5.78 Å². The molecule has 1 amide bonds. The Kier molecular flexibility index (Phi) is 6.51. The fraction of sp³-hybridized carbons (Fsp3) is 0.300. The number of para-hydroxylation sites is 1. The van der Waals surface area contributed by atoms with Gasteiger partial charge >= 0.3 is 0 Å². The summed E-state index contributed by atoms with van der Waals surface area (Å²) in [5.74, 6) is -0.340. The molecule has 0 atom stereocenters. The van der Waals surface area contributed by atoms with E-state index in [-0.39, 0.29) is 23.1 Å². The highest BCUT2D eigenvalue weighted by Crippen LogP contribution is 2.23. The summed E-state index contributed by atoms with van der Waals surface area (Å²) >= 11 is 0. The zero-order valence-electron chi connectivity index (χ0n) is 15.9. The van der Waals surface area contributed by atoms with Gasteiger partial charge in [-0.25, -0.2) is 8.42 Å². The molecule has 0 heterocycles. The number of nitrogens with one attached hydrogen (secondary N) is 1. The van der Waals surface area contributed by atoms with Crippen LogP contribution in [0.4, 0.5) is 5.69 Å². The normalized spacial score (nSPS) is 11.6. The number of nitrogens with zero attached hydrogens (tertiary/aromatic N) is 1. The molecule has 0 saturated carbocycles. The van der Waals surface area contributed by atoms with Crippen LogP contribution in [0, 0.1) is 0 Å². The van der Waals surface area contributed by atoms with Crippen LogP contribution in [0.25, 0.3) is 0 Å². The van der Waals surface area contributed by atoms with Gasteiger partial charge in [-0.05, 0) is 36.6 Å². The van der Waals surface area contributed by atoms with Crippen LogP contribution in [-0.4, -0.2) is 38.0 Å². The molecule has 144 valence electrons. The number of benzene rings is 2. The predicted octanol–water partition coefficient (Wildman–Crippen LogP) is 3.27. The Labute approximate surface area is 160 Å². The van der Waals surface area contributed by atoms with Crippen LogP contribution in [0.2, 0.25) is 0 Å². The maximum atomic E-state index is 12.6. The van der Waals surface area contributed by atoms with Gasteiger partial charge in [0.2, 0.25) is 15.9 Å². The smallest absolute Gasteiger partial charge is 0.243 e. The van der Waals surface area contributed by atoms with Gasteiger partial charge in [0.05, 0.1) is 11.4 Å². The van der Waals surface area contributed by atoms with Crippen molar-refractivity contribution >= 4 is 27.4 Å². The molecule has 0 fully saturated rings. The molecule has 0 spiro atoms. The van der Waals surface area contributed by atoms with E-state index >= 15 is 0 Å². The lowest BCUT2D eigenvalue weighted by Crippen LogP contribution is -2.35. The van der Waals surface area contributed by atoms with Crippen LogP contribution < -0.4 is 5.32 Å². The maximum absolute atomic E-state index is 12.6. The fourth-order valence-corrected chi connectivity index (χ4v) is 3.76. The highest BCUT2D eigenvalue weighted by Gasteiger charge is 2.23. The molecule has 0 aliphatic carbocycles. The topological polar surface area (TPSA) is 83.6 Å². The molecular weight excluding hydrogens is 364 g/mol. The average molecular weight is 388 g/mol. The van der Waals surface area contributed by atoms with E-state index in [9.17, 15) is 18.0 Å².